The second-order valence-electron chi connectivity index (χ2n) is 5.09. The van der Waals surface area contributed by atoms with Gasteiger partial charge in [0.1, 0.15) is 5.82 Å². The summed E-state index contributed by atoms with van der Waals surface area (Å²) in [5, 5.41) is 6.55. The summed E-state index contributed by atoms with van der Waals surface area (Å²) in [5.41, 5.74) is 2.74. The maximum atomic E-state index is 13.8. The van der Waals surface area contributed by atoms with Crippen LogP contribution in [0.2, 0.25) is 0 Å². The quantitative estimate of drug-likeness (QED) is 0.700. The molecule has 5 heteroatoms. The van der Waals surface area contributed by atoms with E-state index in [1.54, 1.807) is 12.1 Å². The van der Waals surface area contributed by atoms with E-state index in [4.69, 9.17) is 12.2 Å². The Balaban J connectivity index is 2.04. The van der Waals surface area contributed by atoms with Gasteiger partial charge in [0.05, 0.1) is 11.7 Å². The highest BCUT2D eigenvalue weighted by Gasteiger charge is 2.11. The second kappa shape index (κ2) is 7.70. The first-order chi connectivity index (χ1) is 10.5. The van der Waals surface area contributed by atoms with E-state index in [0.29, 0.717) is 15.3 Å². The Labute approximate surface area is 144 Å². The smallest absolute Gasteiger partial charge is 0.171 e. The van der Waals surface area contributed by atoms with Gasteiger partial charge in [-0.15, -0.1) is 0 Å². The number of anilines is 1. The lowest BCUT2D eigenvalue weighted by Crippen LogP contribution is -2.32. The number of thiocarbonyl (C=S) groups is 1. The zero-order valence-electron chi connectivity index (χ0n) is 12.5. The van der Waals surface area contributed by atoms with Crippen LogP contribution < -0.4 is 10.6 Å². The molecule has 0 amide bonds. The third kappa shape index (κ3) is 4.52. The van der Waals surface area contributed by atoms with Crippen LogP contribution in [0.15, 0.2) is 46.9 Å². The maximum Gasteiger partial charge on any atom is 0.171 e. The summed E-state index contributed by atoms with van der Waals surface area (Å²) in [7, 11) is 0. The normalized spacial score (nSPS) is 11.8. The Kier molecular flexibility index (Phi) is 5.91. The summed E-state index contributed by atoms with van der Waals surface area (Å²) in [5.74, 6) is -0.345. The lowest BCUT2D eigenvalue weighted by Gasteiger charge is -2.20. The average molecular weight is 381 g/mol. The Hall–Kier alpha value is -1.46. The molecule has 116 valence electrons. The number of nitrogens with one attached hydrogen (secondary N) is 2. The van der Waals surface area contributed by atoms with Crippen LogP contribution in [0.3, 0.4) is 0 Å². The maximum absolute atomic E-state index is 13.8. The van der Waals surface area contributed by atoms with E-state index in [1.165, 1.54) is 11.6 Å². The first-order valence-electron chi connectivity index (χ1n) is 7.08. The molecular formula is C17H18BrFN2S. The zero-order chi connectivity index (χ0) is 16.1. The summed E-state index contributed by atoms with van der Waals surface area (Å²) in [6.45, 7) is 4.14. The molecule has 2 nitrogen and oxygen atoms in total. The van der Waals surface area contributed by atoms with E-state index in [1.807, 2.05) is 0 Å². The molecule has 1 atom stereocenters. The molecule has 0 fully saturated rings. The van der Waals surface area contributed by atoms with E-state index in [-0.39, 0.29) is 11.9 Å². The van der Waals surface area contributed by atoms with Crippen LogP contribution in [-0.4, -0.2) is 5.11 Å². The lowest BCUT2D eigenvalue weighted by molar-refractivity contribution is 0.623. The van der Waals surface area contributed by atoms with Crippen molar-refractivity contribution in [2.45, 2.75) is 26.3 Å². The standard InChI is InChI=1S/C17H18BrFN2S/c1-3-15(12-6-4-11(2)5-7-12)20-17(22)21-16-9-8-13(18)10-14(16)19/h4-10,15H,3H2,1-2H3,(H2,20,21,22)/t15-/m0/s1. The first-order valence-corrected chi connectivity index (χ1v) is 8.29. The van der Waals surface area contributed by atoms with Crippen molar-refractivity contribution >= 4 is 38.9 Å². The summed E-state index contributed by atoms with van der Waals surface area (Å²) in [4.78, 5) is 0. The number of benzene rings is 2. The highest BCUT2D eigenvalue weighted by Crippen LogP contribution is 2.21. The number of hydrogen-bond acceptors (Lipinski definition) is 1. The summed E-state index contributed by atoms with van der Waals surface area (Å²) < 4.78 is 14.5. The van der Waals surface area contributed by atoms with Crippen molar-refractivity contribution in [3.05, 3.63) is 63.9 Å². The summed E-state index contributed by atoms with van der Waals surface area (Å²) >= 11 is 8.53. The number of halogens is 2. The molecule has 0 saturated carbocycles. The molecular weight excluding hydrogens is 363 g/mol. The van der Waals surface area contributed by atoms with Crippen molar-refractivity contribution in [3.63, 3.8) is 0 Å². The van der Waals surface area contributed by atoms with Crippen LogP contribution in [0.5, 0.6) is 0 Å². The van der Waals surface area contributed by atoms with Crippen LogP contribution >= 0.6 is 28.1 Å². The van der Waals surface area contributed by atoms with Crippen LogP contribution in [0, 0.1) is 12.7 Å². The van der Waals surface area contributed by atoms with Gasteiger partial charge in [-0.3, -0.25) is 0 Å². The number of hydrogen-bond donors (Lipinski definition) is 2. The molecule has 0 spiro atoms. The van der Waals surface area contributed by atoms with Crippen molar-refractivity contribution in [3.8, 4) is 0 Å². The van der Waals surface area contributed by atoms with Crippen LogP contribution in [0.4, 0.5) is 10.1 Å². The molecule has 0 radical (unpaired) electrons. The molecule has 2 N–H and O–H groups in total. The van der Waals surface area contributed by atoms with Gasteiger partial charge in [0.15, 0.2) is 5.11 Å². The monoisotopic (exact) mass is 380 g/mol. The minimum absolute atomic E-state index is 0.0964. The fourth-order valence-electron chi connectivity index (χ4n) is 2.13. The van der Waals surface area contributed by atoms with E-state index < -0.39 is 0 Å². The Morgan fingerprint density at radius 2 is 1.91 bits per heavy atom. The Morgan fingerprint density at radius 3 is 2.50 bits per heavy atom. The molecule has 2 rings (SSSR count). The van der Waals surface area contributed by atoms with Gasteiger partial charge in [-0.2, -0.15) is 0 Å². The molecule has 0 heterocycles. The average Bonchev–Trinajstić information content (AvgIpc) is 2.49. The topological polar surface area (TPSA) is 24.1 Å². The van der Waals surface area contributed by atoms with Gasteiger partial charge in [0.25, 0.3) is 0 Å². The predicted molar refractivity (Wildman–Crippen MR) is 97.7 cm³/mol. The molecule has 2 aromatic carbocycles. The van der Waals surface area contributed by atoms with Crippen molar-refractivity contribution in [2.24, 2.45) is 0 Å². The van der Waals surface area contributed by atoms with Crippen molar-refractivity contribution in [2.75, 3.05) is 5.32 Å². The SMILES string of the molecule is CC[C@H](NC(=S)Nc1ccc(Br)cc1F)c1ccc(C)cc1. The van der Waals surface area contributed by atoms with Crippen LogP contribution in [0.25, 0.3) is 0 Å². The predicted octanol–water partition coefficient (Wildman–Crippen LogP) is 5.33. The fourth-order valence-corrected chi connectivity index (χ4v) is 2.71. The van der Waals surface area contributed by atoms with Gasteiger partial charge < -0.3 is 10.6 Å². The molecule has 0 aliphatic rings. The molecule has 2 aromatic rings. The molecule has 0 aromatic heterocycles. The van der Waals surface area contributed by atoms with Gasteiger partial charge in [0.2, 0.25) is 0 Å². The van der Waals surface area contributed by atoms with E-state index >= 15 is 0 Å². The Morgan fingerprint density at radius 1 is 1.23 bits per heavy atom. The van der Waals surface area contributed by atoms with Gasteiger partial charge in [-0.25, -0.2) is 4.39 Å². The molecule has 22 heavy (non-hydrogen) atoms. The van der Waals surface area contributed by atoms with E-state index in [9.17, 15) is 4.39 Å². The third-order valence-corrected chi connectivity index (χ3v) is 4.09. The highest BCUT2D eigenvalue weighted by atomic mass is 79.9. The van der Waals surface area contributed by atoms with Gasteiger partial charge in [-0.05, 0) is 49.3 Å². The molecule has 0 aliphatic carbocycles. The zero-order valence-corrected chi connectivity index (χ0v) is 14.9. The second-order valence-corrected chi connectivity index (χ2v) is 6.42. The molecule has 0 unspecified atom stereocenters. The van der Waals surface area contributed by atoms with Crippen LogP contribution in [0.1, 0.15) is 30.5 Å². The van der Waals surface area contributed by atoms with E-state index in [0.717, 1.165) is 12.0 Å². The molecule has 0 bridgehead atoms. The van der Waals surface area contributed by atoms with Crippen molar-refractivity contribution in [1.82, 2.24) is 5.32 Å². The van der Waals surface area contributed by atoms with Crippen LogP contribution in [-0.2, 0) is 0 Å². The summed E-state index contributed by atoms with van der Waals surface area (Å²) in [6, 6.07) is 13.2. The van der Waals surface area contributed by atoms with Gasteiger partial charge in [-0.1, -0.05) is 52.7 Å². The van der Waals surface area contributed by atoms with Gasteiger partial charge >= 0.3 is 0 Å². The molecule has 0 aliphatic heterocycles. The minimum Gasteiger partial charge on any atom is -0.356 e. The Bertz CT molecular complexity index is 658. The fraction of sp³-hybridized carbons (Fsp3) is 0.235. The number of rotatable bonds is 4. The number of aryl methyl sites for hydroxylation is 1. The third-order valence-electron chi connectivity index (χ3n) is 3.37. The minimum atomic E-state index is -0.345. The van der Waals surface area contributed by atoms with Crippen molar-refractivity contribution < 1.29 is 4.39 Å². The molecule has 0 saturated heterocycles. The van der Waals surface area contributed by atoms with E-state index in [2.05, 4.69) is 64.7 Å². The van der Waals surface area contributed by atoms with Crippen molar-refractivity contribution in [1.29, 1.82) is 0 Å². The summed E-state index contributed by atoms with van der Waals surface area (Å²) in [6.07, 6.45) is 0.883. The lowest BCUT2D eigenvalue weighted by atomic mass is 10.0. The van der Waals surface area contributed by atoms with Gasteiger partial charge in [0, 0.05) is 4.47 Å². The first kappa shape index (κ1) is 16.9. The largest absolute Gasteiger partial charge is 0.356 e. The highest BCUT2D eigenvalue weighted by molar-refractivity contribution is 9.10.